The molecular formula is C34H28F6N4OS. The van der Waals surface area contributed by atoms with E-state index in [1.165, 1.54) is 0 Å². The molecule has 4 aromatic carbocycles. The molecule has 0 saturated heterocycles. The molecule has 0 saturated carbocycles. The quantitative estimate of drug-likeness (QED) is 0.0896. The van der Waals surface area contributed by atoms with Crippen molar-refractivity contribution in [3.63, 3.8) is 0 Å². The number of alkyl halides is 6. The molecule has 2 N–H and O–H groups in total. The van der Waals surface area contributed by atoms with Crippen molar-refractivity contribution in [2.75, 3.05) is 17.6 Å². The Morgan fingerprint density at radius 2 is 1.26 bits per heavy atom. The van der Waals surface area contributed by atoms with Gasteiger partial charge in [-0.05, 0) is 43.2 Å². The summed E-state index contributed by atoms with van der Waals surface area (Å²) in [7, 11) is 0. The fourth-order valence-electron chi connectivity index (χ4n) is 4.77. The maximum Gasteiger partial charge on any atom is 0.416 e. The number of nitrogens with zero attached hydrogens (tertiary/aromatic N) is 2. The molecule has 0 aliphatic carbocycles. The second kappa shape index (κ2) is 14.2. The van der Waals surface area contributed by atoms with Gasteiger partial charge >= 0.3 is 18.4 Å². The Kier molecular flexibility index (Phi) is 10.1. The van der Waals surface area contributed by atoms with Gasteiger partial charge in [-0.1, -0.05) is 90.6 Å². The number of halogens is 6. The number of para-hydroxylation sites is 1. The summed E-state index contributed by atoms with van der Waals surface area (Å²) in [5, 5.41) is 5.36. The topological polar surface area (TPSA) is 59.0 Å². The molecular weight excluding hydrogens is 626 g/mol. The van der Waals surface area contributed by atoms with E-state index in [1.54, 1.807) is 11.8 Å². The summed E-state index contributed by atoms with van der Waals surface area (Å²) in [6.07, 6.45) is -8.86. The highest BCUT2D eigenvalue weighted by molar-refractivity contribution is 7.99. The van der Waals surface area contributed by atoms with Crippen molar-refractivity contribution in [2.45, 2.75) is 30.4 Å². The average molecular weight is 655 g/mol. The van der Waals surface area contributed by atoms with E-state index in [-0.39, 0.29) is 12.6 Å². The first-order valence-corrected chi connectivity index (χ1v) is 15.3. The number of nitrogens with one attached hydrogen (secondary N) is 2. The number of amides is 2. The fourth-order valence-corrected chi connectivity index (χ4v) is 5.78. The summed E-state index contributed by atoms with van der Waals surface area (Å²) in [5.74, 6) is 0.637. The molecule has 0 bridgehead atoms. The fraction of sp³-hybridized carbons (Fsp3) is 0.176. The summed E-state index contributed by atoms with van der Waals surface area (Å²) in [6.45, 7) is 0.162. The van der Waals surface area contributed by atoms with Crippen molar-refractivity contribution < 1.29 is 31.1 Å². The minimum atomic E-state index is -5.01. The van der Waals surface area contributed by atoms with Gasteiger partial charge in [-0.2, -0.15) is 26.3 Å². The molecule has 1 aromatic heterocycles. The molecule has 0 aliphatic heterocycles. The number of hydrogen-bond acceptors (Lipinski definition) is 3. The normalized spacial score (nSPS) is 11.8. The van der Waals surface area contributed by atoms with Gasteiger partial charge in [-0.25, -0.2) is 9.78 Å². The van der Waals surface area contributed by atoms with Gasteiger partial charge in [0.2, 0.25) is 0 Å². The number of benzene rings is 4. The van der Waals surface area contributed by atoms with E-state index >= 15 is 0 Å². The van der Waals surface area contributed by atoms with Crippen LogP contribution >= 0.6 is 11.8 Å². The average Bonchev–Trinajstić information content (AvgIpc) is 3.42. The van der Waals surface area contributed by atoms with Crippen molar-refractivity contribution in [3.8, 4) is 28.2 Å². The van der Waals surface area contributed by atoms with E-state index < -0.39 is 35.2 Å². The summed E-state index contributed by atoms with van der Waals surface area (Å²) in [4.78, 5) is 17.4. The first-order chi connectivity index (χ1) is 22.0. The lowest BCUT2D eigenvalue weighted by atomic mass is 10.0. The molecule has 5 aromatic rings. The van der Waals surface area contributed by atoms with E-state index in [0.717, 1.165) is 33.4 Å². The molecule has 0 fully saturated rings. The summed E-state index contributed by atoms with van der Waals surface area (Å²) < 4.78 is 80.9. The highest BCUT2D eigenvalue weighted by atomic mass is 32.2. The van der Waals surface area contributed by atoms with Gasteiger partial charge in [0.05, 0.1) is 22.5 Å². The first kappa shape index (κ1) is 32.7. The highest BCUT2D eigenvalue weighted by Gasteiger charge is 2.37. The first-order valence-electron chi connectivity index (χ1n) is 14.3. The van der Waals surface area contributed by atoms with E-state index in [0.29, 0.717) is 30.7 Å². The molecule has 1 heterocycles. The van der Waals surface area contributed by atoms with Crippen molar-refractivity contribution in [2.24, 2.45) is 0 Å². The Labute approximate surface area is 265 Å². The molecule has 0 atom stereocenters. The Hall–Kier alpha value is -4.71. The summed E-state index contributed by atoms with van der Waals surface area (Å²) >= 11 is 1.55. The van der Waals surface area contributed by atoms with Crippen molar-refractivity contribution in [1.82, 2.24) is 14.9 Å². The molecule has 0 spiro atoms. The van der Waals surface area contributed by atoms with Gasteiger partial charge in [-0.15, -0.1) is 0 Å². The van der Waals surface area contributed by atoms with E-state index in [2.05, 4.69) is 15.2 Å². The number of rotatable bonds is 10. The number of urea groups is 1. The third-order valence-electron chi connectivity index (χ3n) is 6.89. The molecule has 0 aliphatic rings. The van der Waals surface area contributed by atoms with Gasteiger partial charge in [0.1, 0.15) is 0 Å². The number of hydrogen-bond donors (Lipinski definition) is 2. The zero-order valence-electron chi connectivity index (χ0n) is 24.2. The van der Waals surface area contributed by atoms with Crippen LogP contribution in [0.4, 0.5) is 36.8 Å². The molecule has 0 radical (unpaired) electrons. The summed E-state index contributed by atoms with van der Waals surface area (Å²) in [5.41, 5.74) is 1.08. The largest absolute Gasteiger partial charge is 0.416 e. The maximum atomic E-state index is 13.1. The van der Waals surface area contributed by atoms with Gasteiger partial charge in [-0.3, -0.25) is 4.57 Å². The molecule has 5 nitrogen and oxygen atoms in total. The number of carbonyl (C=O) groups excluding carboxylic acids is 1. The van der Waals surface area contributed by atoms with Crippen molar-refractivity contribution >= 4 is 23.5 Å². The number of aromatic nitrogens is 2. The summed E-state index contributed by atoms with van der Waals surface area (Å²) in [6, 6.07) is 29.8. The number of thioether (sulfide) groups is 1. The number of imidazole rings is 1. The van der Waals surface area contributed by atoms with E-state index in [1.807, 2.05) is 91.0 Å². The van der Waals surface area contributed by atoms with Crippen LogP contribution in [0.15, 0.2) is 114 Å². The van der Waals surface area contributed by atoms with Gasteiger partial charge in [0.25, 0.3) is 0 Å². The van der Waals surface area contributed by atoms with Crippen LogP contribution < -0.4 is 10.6 Å². The smallest absolute Gasteiger partial charge is 0.338 e. The Morgan fingerprint density at radius 1 is 0.717 bits per heavy atom. The van der Waals surface area contributed by atoms with Crippen LogP contribution in [-0.4, -0.2) is 27.9 Å². The lowest BCUT2D eigenvalue weighted by Gasteiger charge is -2.15. The molecule has 46 heavy (non-hydrogen) atoms. The van der Waals surface area contributed by atoms with Crippen LogP contribution in [0.5, 0.6) is 0 Å². The van der Waals surface area contributed by atoms with E-state index in [4.69, 9.17) is 4.98 Å². The third-order valence-corrected chi connectivity index (χ3v) is 7.91. The standard InChI is InChI=1S/C34H28F6N4OS/c35-33(36,37)25-20-26(34(38,39)40)22-27(21-25)42-31(45)41-18-10-11-19-46-32-43-29(23-12-4-1-5-13-23)30(24-14-6-2-7-15-24)44(32)28-16-8-3-9-17-28/h1-9,12-17,20-22H,10-11,18-19H2,(H2,41,42,45). The highest BCUT2D eigenvalue weighted by Crippen LogP contribution is 2.39. The van der Waals surface area contributed by atoms with Crippen LogP contribution in [0.2, 0.25) is 0 Å². The molecule has 238 valence electrons. The Balaban J connectivity index is 1.26. The maximum absolute atomic E-state index is 13.1. The van der Waals surface area contributed by atoms with Crippen molar-refractivity contribution in [1.29, 1.82) is 0 Å². The van der Waals surface area contributed by atoms with Crippen LogP contribution in [0.25, 0.3) is 28.2 Å². The van der Waals surface area contributed by atoms with Gasteiger partial charge in [0, 0.05) is 34.8 Å². The monoisotopic (exact) mass is 654 g/mol. The third kappa shape index (κ3) is 8.11. The Bertz CT molecular complexity index is 1730. The minimum Gasteiger partial charge on any atom is -0.338 e. The van der Waals surface area contributed by atoms with Crippen LogP contribution in [0.1, 0.15) is 24.0 Å². The molecule has 12 heteroatoms. The number of anilines is 1. The second-order valence-electron chi connectivity index (χ2n) is 10.2. The predicted molar refractivity (Wildman–Crippen MR) is 168 cm³/mol. The minimum absolute atomic E-state index is 0.00937. The SMILES string of the molecule is O=C(NCCCCSc1nc(-c2ccccc2)c(-c2ccccc2)n1-c1ccccc1)Nc1cc(C(F)(F)F)cc(C(F)(F)F)c1. The van der Waals surface area contributed by atoms with Crippen LogP contribution in [0.3, 0.4) is 0 Å². The lowest BCUT2D eigenvalue weighted by Crippen LogP contribution is -2.29. The second-order valence-corrected chi connectivity index (χ2v) is 11.3. The lowest BCUT2D eigenvalue weighted by molar-refractivity contribution is -0.143. The zero-order valence-corrected chi connectivity index (χ0v) is 25.0. The van der Waals surface area contributed by atoms with Crippen molar-refractivity contribution in [3.05, 3.63) is 120 Å². The van der Waals surface area contributed by atoms with Crippen LogP contribution in [0, 0.1) is 0 Å². The zero-order chi connectivity index (χ0) is 32.7. The van der Waals surface area contributed by atoms with Crippen LogP contribution in [-0.2, 0) is 12.4 Å². The predicted octanol–water partition coefficient (Wildman–Crippen LogP) is 9.94. The molecule has 0 unspecified atom stereocenters. The van der Waals surface area contributed by atoms with Gasteiger partial charge in [0.15, 0.2) is 5.16 Å². The number of carbonyl (C=O) groups is 1. The van der Waals surface area contributed by atoms with Gasteiger partial charge < -0.3 is 10.6 Å². The number of unbranched alkanes of at least 4 members (excludes halogenated alkanes) is 1. The molecule has 5 rings (SSSR count). The Morgan fingerprint density at radius 3 is 1.83 bits per heavy atom. The van der Waals surface area contributed by atoms with E-state index in [9.17, 15) is 31.1 Å². The molecule has 2 amide bonds.